The number of nitrogens with one attached hydrogen (secondary N) is 1. The first-order valence-corrected chi connectivity index (χ1v) is 9.75. The third kappa shape index (κ3) is 3.77. The Balaban J connectivity index is 1.48. The molecule has 1 N–H and O–H groups in total. The highest BCUT2D eigenvalue weighted by molar-refractivity contribution is 6.11. The fourth-order valence-corrected chi connectivity index (χ4v) is 3.98. The summed E-state index contributed by atoms with van der Waals surface area (Å²) in [5.41, 5.74) is 0.439. The van der Waals surface area contributed by atoms with Crippen LogP contribution in [0, 0.1) is 11.3 Å². The second kappa shape index (κ2) is 7.54. The molecule has 158 valence electrons. The topological polar surface area (TPSA) is 103 Å². The minimum Gasteiger partial charge on any atom is -0.323 e. The zero-order valence-corrected chi connectivity index (χ0v) is 16.4. The number of alkyl halides is 2. The van der Waals surface area contributed by atoms with Crippen LogP contribution in [0.2, 0.25) is 0 Å². The number of pyridine rings is 1. The number of aromatic nitrogens is 1. The summed E-state index contributed by atoms with van der Waals surface area (Å²) >= 11 is 0. The molecule has 0 unspecified atom stereocenters. The maximum absolute atomic E-state index is 13.5. The van der Waals surface area contributed by atoms with Crippen molar-refractivity contribution >= 4 is 17.7 Å². The first-order chi connectivity index (χ1) is 14.7. The van der Waals surface area contributed by atoms with Crippen LogP contribution >= 0.6 is 0 Å². The lowest BCUT2D eigenvalue weighted by atomic mass is 9.80. The van der Waals surface area contributed by atoms with E-state index in [1.807, 2.05) is 0 Å². The third-order valence-electron chi connectivity index (χ3n) is 5.79. The highest BCUT2D eigenvalue weighted by atomic mass is 19.3. The number of hydrogen-bond acceptors (Lipinski definition) is 5. The number of ketones is 1. The number of hydrogen-bond donors (Lipinski definition) is 1. The predicted octanol–water partition coefficient (Wildman–Crippen LogP) is 3.30. The van der Waals surface area contributed by atoms with Crippen LogP contribution in [0.25, 0.3) is 11.3 Å². The summed E-state index contributed by atoms with van der Waals surface area (Å²) in [5.74, 6) is -3.94. The van der Waals surface area contributed by atoms with Gasteiger partial charge in [-0.3, -0.25) is 19.5 Å². The molecule has 4 rings (SSSR count). The van der Waals surface area contributed by atoms with Crippen molar-refractivity contribution in [2.45, 2.75) is 37.1 Å². The molecular formula is C22H18F2N4O3. The third-order valence-corrected chi connectivity index (χ3v) is 5.79. The van der Waals surface area contributed by atoms with Crippen LogP contribution in [0.5, 0.6) is 0 Å². The molecule has 9 heteroatoms. The zero-order valence-electron chi connectivity index (χ0n) is 16.4. The highest BCUT2D eigenvalue weighted by Crippen LogP contribution is 2.41. The van der Waals surface area contributed by atoms with Gasteiger partial charge in [-0.05, 0) is 25.0 Å². The van der Waals surface area contributed by atoms with Crippen molar-refractivity contribution in [1.82, 2.24) is 15.2 Å². The maximum Gasteiger partial charge on any atom is 0.325 e. The van der Waals surface area contributed by atoms with Gasteiger partial charge in [0.15, 0.2) is 5.78 Å². The number of carbonyl (C=O) groups is 3. The second-order valence-corrected chi connectivity index (χ2v) is 7.77. The fraction of sp³-hybridized carbons (Fsp3) is 0.318. The summed E-state index contributed by atoms with van der Waals surface area (Å²) in [7, 11) is 0. The molecule has 0 bridgehead atoms. The molecule has 31 heavy (non-hydrogen) atoms. The van der Waals surface area contributed by atoms with Gasteiger partial charge >= 0.3 is 6.03 Å². The average molecular weight is 424 g/mol. The molecular weight excluding hydrogens is 406 g/mol. The van der Waals surface area contributed by atoms with E-state index in [2.05, 4.69) is 16.4 Å². The summed E-state index contributed by atoms with van der Waals surface area (Å²) in [6.07, 6.45) is 0.273. The SMILES string of the molecule is N#Cc1cccnc1-c1ccc(C(=O)CN2C(=O)NC3(CCC(F)(F)CC3)C2=O)cc1. The van der Waals surface area contributed by atoms with E-state index in [4.69, 9.17) is 0 Å². The molecule has 1 aromatic carbocycles. The quantitative estimate of drug-likeness (QED) is 0.599. The van der Waals surface area contributed by atoms with Crippen molar-refractivity contribution in [3.05, 3.63) is 53.7 Å². The highest BCUT2D eigenvalue weighted by Gasteiger charge is 2.55. The second-order valence-electron chi connectivity index (χ2n) is 7.77. The van der Waals surface area contributed by atoms with E-state index in [9.17, 15) is 28.4 Å². The van der Waals surface area contributed by atoms with Gasteiger partial charge < -0.3 is 5.32 Å². The lowest BCUT2D eigenvalue weighted by molar-refractivity contribution is -0.135. The standard InChI is InChI=1S/C22H18F2N4O3/c23-22(24)9-7-21(8-10-22)19(30)28(20(31)27-21)13-17(29)14-3-5-15(6-4-14)18-16(12-25)2-1-11-26-18/h1-6,11H,7-10,13H2,(H,27,31). The van der Waals surface area contributed by atoms with Crippen LogP contribution in [0.4, 0.5) is 13.6 Å². The van der Waals surface area contributed by atoms with E-state index in [1.165, 1.54) is 12.1 Å². The number of urea groups is 1. The summed E-state index contributed by atoms with van der Waals surface area (Å²) in [4.78, 5) is 42.8. The Bertz CT molecular complexity index is 1100. The van der Waals surface area contributed by atoms with Gasteiger partial charge in [0.05, 0.1) is 17.8 Å². The fourth-order valence-electron chi connectivity index (χ4n) is 3.98. The Morgan fingerprint density at radius 3 is 2.45 bits per heavy atom. The number of nitrogens with zero attached hydrogens (tertiary/aromatic N) is 3. The van der Waals surface area contributed by atoms with Gasteiger partial charge in [-0.1, -0.05) is 24.3 Å². The van der Waals surface area contributed by atoms with Gasteiger partial charge in [-0.15, -0.1) is 0 Å². The molecule has 1 saturated carbocycles. The minimum absolute atomic E-state index is 0.157. The number of rotatable bonds is 4. The summed E-state index contributed by atoms with van der Waals surface area (Å²) < 4.78 is 27.0. The molecule has 2 heterocycles. The lowest BCUT2D eigenvalue weighted by Gasteiger charge is -2.34. The van der Waals surface area contributed by atoms with Crippen molar-refractivity contribution in [2.75, 3.05) is 6.54 Å². The van der Waals surface area contributed by atoms with Gasteiger partial charge in [0.25, 0.3) is 5.91 Å². The predicted molar refractivity (Wildman–Crippen MR) is 105 cm³/mol. The Hall–Kier alpha value is -3.67. The van der Waals surface area contributed by atoms with Gasteiger partial charge in [0.1, 0.15) is 11.6 Å². The Kier molecular flexibility index (Phi) is 5.01. The zero-order chi connectivity index (χ0) is 22.2. The molecule has 1 spiro atoms. The van der Waals surface area contributed by atoms with Crippen LogP contribution < -0.4 is 5.32 Å². The Morgan fingerprint density at radius 1 is 1.13 bits per heavy atom. The number of imide groups is 1. The van der Waals surface area contributed by atoms with Crippen molar-refractivity contribution in [3.8, 4) is 17.3 Å². The molecule has 2 aliphatic rings. The van der Waals surface area contributed by atoms with Gasteiger partial charge in [-0.2, -0.15) is 5.26 Å². The molecule has 2 fully saturated rings. The van der Waals surface area contributed by atoms with E-state index in [0.29, 0.717) is 16.8 Å². The van der Waals surface area contributed by atoms with Crippen LogP contribution in [0.15, 0.2) is 42.6 Å². The summed E-state index contributed by atoms with van der Waals surface area (Å²) in [6.45, 7) is -0.477. The van der Waals surface area contributed by atoms with Crippen LogP contribution in [0.1, 0.15) is 41.6 Å². The van der Waals surface area contributed by atoms with Crippen molar-refractivity contribution < 1.29 is 23.2 Å². The minimum atomic E-state index is -2.85. The number of carbonyl (C=O) groups excluding carboxylic acids is 3. The Labute approximate surface area is 176 Å². The van der Waals surface area contributed by atoms with Crippen molar-refractivity contribution in [2.24, 2.45) is 0 Å². The monoisotopic (exact) mass is 424 g/mol. The first kappa shape index (κ1) is 20.6. The van der Waals surface area contributed by atoms with Crippen LogP contribution in [-0.4, -0.2) is 45.6 Å². The molecule has 1 aliphatic carbocycles. The molecule has 1 saturated heterocycles. The lowest BCUT2D eigenvalue weighted by Crippen LogP contribution is -2.51. The summed E-state index contributed by atoms with van der Waals surface area (Å²) in [6, 6.07) is 10.9. The Morgan fingerprint density at radius 2 is 1.81 bits per heavy atom. The molecule has 1 aromatic heterocycles. The van der Waals surface area contributed by atoms with Gasteiger partial charge in [0.2, 0.25) is 5.92 Å². The first-order valence-electron chi connectivity index (χ1n) is 9.75. The number of amides is 3. The van der Waals surface area contributed by atoms with E-state index in [0.717, 1.165) is 4.90 Å². The van der Waals surface area contributed by atoms with E-state index < -0.39 is 48.6 Å². The number of benzene rings is 1. The molecule has 0 radical (unpaired) electrons. The number of halogens is 2. The van der Waals surface area contributed by atoms with E-state index in [-0.39, 0.29) is 18.4 Å². The van der Waals surface area contributed by atoms with E-state index in [1.54, 1.807) is 30.5 Å². The van der Waals surface area contributed by atoms with Crippen molar-refractivity contribution in [3.63, 3.8) is 0 Å². The molecule has 1 aliphatic heterocycles. The van der Waals surface area contributed by atoms with Crippen LogP contribution in [-0.2, 0) is 4.79 Å². The largest absolute Gasteiger partial charge is 0.325 e. The van der Waals surface area contributed by atoms with Crippen molar-refractivity contribution in [1.29, 1.82) is 5.26 Å². The van der Waals surface area contributed by atoms with Gasteiger partial charge in [0, 0.05) is 30.2 Å². The average Bonchev–Trinajstić information content (AvgIpc) is 3.00. The molecule has 7 nitrogen and oxygen atoms in total. The normalized spacial score (nSPS) is 19.2. The maximum atomic E-state index is 13.5. The van der Waals surface area contributed by atoms with Crippen LogP contribution in [0.3, 0.4) is 0 Å². The smallest absolute Gasteiger partial charge is 0.323 e. The van der Waals surface area contributed by atoms with E-state index >= 15 is 0 Å². The number of Topliss-reactive ketones (excluding diaryl/α,β-unsaturated/α-hetero) is 1. The molecule has 2 aromatic rings. The molecule has 0 atom stereocenters. The summed E-state index contributed by atoms with van der Waals surface area (Å²) in [5, 5.41) is 11.7. The number of nitriles is 1. The van der Waals surface area contributed by atoms with Gasteiger partial charge in [-0.25, -0.2) is 13.6 Å². The molecule has 3 amide bonds.